The first-order chi connectivity index (χ1) is 43.5. The van der Waals surface area contributed by atoms with Crippen molar-refractivity contribution >= 4 is 114 Å². The zero-order valence-corrected chi connectivity index (χ0v) is 50.8. The standard InChI is InChI=1S/C67H64N4O20/c1-10-45(50-31(2)46-21-15-23-48(52(46)70-50)68-62(78)58-54(82-33(4)72)56(84-35(6)74)60(86-37(8)76)66(88-58)90-64(80)43-27-25-39-17-11-13-19-41(39)29-43)51-32(3)47-22-16-24-49(53(47)71-51)69-63(79)59-55(83-34(5)73)57(85-36(7)75)61(87-38(9)77)67(89-59)91-65(81)44-28-26-40-18-12-14-20-42(40)30-44/h11-30,45,54-61,66-67,70-71H,10H2,1-9H3,(H,68,78)(H,69,79)/t54-,55-,56-,57-,58-,59-,60+,61+,66-,67-/m0/s1. The fraction of sp³-hybridized carbons (Fsp3) is 0.313. The van der Waals surface area contributed by atoms with Gasteiger partial charge in [-0.3, -0.25) is 38.4 Å². The van der Waals surface area contributed by atoms with Crippen LogP contribution in [0, 0.1) is 13.8 Å². The molecule has 0 radical (unpaired) electrons. The monoisotopic (exact) mass is 1240 g/mol. The van der Waals surface area contributed by atoms with E-state index < -0.39 is 127 Å². The van der Waals surface area contributed by atoms with Gasteiger partial charge in [0.05, 0.1) is 33.5 Å². The highest BCUT2D eigenvalue weighted by molar-refractivity contribution is 6.06. The lowest BCUT2D eigenvalue weighted by Crippen LogP contribution is -2.64. The zero-order valence-electron chi connectivity index (χ0n) is 50.8. The van der Waals surface area contributed by atoms with Crippen molar-refractivity contribution in [3.05, 3.63) is 155 Å². The minimum atomic E-state index is -1.89. The van der Waals surface area contributed by atoms with E-state index in [4.69, 9.17) is 47.4 Å². The number of hydrogen-bond donors (Lipinski definition) is 4. The molecule has 4 N–H and O–H groups in total. The lowest BCUT2D eigenvalue weighted by atomic mass is 9.92. The van der Waals surface area contributed by atoms with Gasteiger partial charge in [0.25, 0.3) is 11.8 Å². The van der Waals surface area contributed by atoms with E-state index in [-0.39, 0.29) is 22.5 Å². The van der Waals surface area contributed by atoms with Crippen LogP contribution < -0.4 is 10.6 Å². The molecule has 472 valence electrons. The van der Waals surface area contributed by atoms with Crippen LogP contribution in [0.4, 0.5) is 11.4 Å². The number of aromatic nitrogens is 2. The van der Waals surface area contributed by atoms with Crippen molar-refractivity contribution in [3.63, 3.8) is 0 Å². The summed E-state index contributed by atoms with van der Waals surface area (Å²) >= 11 is 0. The van der Waals surface area contributed by atoms with Crippen molar-refractivity contribution in [3.8, 4) is 0 Å². The molecule has 2 amide bonds. The predicted octanol–water partition coefficient (Wildman–Crippen LogP) is 8.75. The molecule has 4 heterocycles. The van der Waals surface area contributed by atoms with Crippen LogP contribution in [-0.2, 0) is 85.7 Å². The number of para-hydroxylation sites is 2. The molecular formula is C67H64N4O20. The predicted molar refractivity (Wildman–Crippen MR) is 325 cm³/mol. The van der Waals surface area contributed by atoms with Crippen LogP contribution in [0.5, 0.6) is 0 Å². The summed E-state index contributed by atoms with van der Waals surface area (Å²) in [6.07, 6.45) is -17.5. The molecule has 91 heavy (non-hydrogen) atoms. The van der Waals surface area contributed by atoms with E-state index in [1.807, 2.05) is 57.2 Å². The summed E-state index contributed by atoms with van der Waals surface area (Å²) in [5.74, 6) is -9.67. The lowest BCUT2D eigenvalue weighted by molar-refractivity contribution is -0.284. The molecule has 2 fully saturated rings. The normalized spacial score (nSPS) is 21.3. The van der Waals surface area contributed by atoms with Gasteiger partial charge in [0.1, 0.15) is 0 Å². The number of H-pyrrole nitrogens is 2. The Balaban J connectivity index is 0.949. The summed E-state index contributed by atoms with van der Waals surface area (Å²) in [7, 11) is 0. The molecule has 2 saturated heterocycles. The lowest BCUT2D eigenvalue weighted by Gasteiger charge is -2.43. The summed E-state index contributed by atoms with van der Waals surface area (Å²) in [4.78, 5) is 141. The molecule has 6 aromatic carbocycles. The largest absolute Gasteiger partial charge is 0.455 e. The average Bonchev–Trinajstić information content (AvgIpc) is 1.74. The van der Waals surface area contributed by atoms with Crippen molar-refractivity contribution in [1.82, 2.24) is 9.97 Å². The Hall–Kier alpha value is -10.5. The van der Waals surface area contributed by atoms with Crippen LogP contribution in [0.25, 0.3) is 43.4 Å². The van der Waals surface area contributed by atoms with E-state index in [1.165, 1.54) is 12.1 Å². The van der Waals surface area contributed by atoms with Gasteiger partial charge in [-0.2, -0.15) is 0 Å². The van der Waals surface area contributed by atoms with Crippen molar-refractivity contribution in [2.75, 3.05) is 10.6 Å². The second kappa shape index (κ2) is 26.7. The fourth-order valence-corrected chi connectivity index (χ4v) is 11.8. The summed E-state index contributed by atoms with van der Waals surface area (Å²) in [6, 6.07) is 34.4. The molecule has 24 heteroatoms. The van der Waals surface area contributed by atoms with Crippen LogP contribution >= 0.6 is 0 Å². The number of aryl methyl sites for hydroxylation is 2. The molecule has 0 unspecified atom stereocenters. The SMILES string of the molecule is CCC(c1[nH]c2c(NC(=O)[C@H]3O[C@@H](OC(=O)c4ccc5ccccc5c4)[C@H](OC(C)=O)[C@@H](OC(C)=O)[C@@H]3OC(C)=O)cccc2c1C)c1[nH]c2c(NC(=O)[C@H]3O[C@@H](OC(=O)c4ccc5ccccc5c4)[C@H](OC(C)=O)[C@@H](OC(C)=O)[C@@H]3OC(C)=O)cccc2c1C. The third kappa shape index (κ3) is 13.6. The van der Waals surface area contributed by atoms with Gasteiger partial charge in [0.15, 0.2) is 36.6 Å². The molecule has 24 nitrogen and oxygen atoms in total. The maximum Gasteiger partial charge on any atom is 0.340 e. The van der Waals surface area contributed by atoms with Gasteiger partial charge in [-0.1, -0.05) is 91.9 Å². The van der Waals surface area contributed by atoms with Gasteiger partial charge in [0, 0.05) is 69.6 Å². The second-order valence-electron chi connectivity index (χ2n) is 22.0. The van der Waals surface area contributed by atoms with Crippen LogP contribution in [0.3, 0.4) is 0 Å². The maximum atomic E-state index is 14.8. The first-order valence-corrected chi connectivity index (χ1v) is 29.1. The molecule has 10 atom stereocenters. The number of carbonyl (C=O) groups is 10. The van der Waals surface area contributed by atoms with Crippen LogP contribution in [0.2, 0.25) is 0 Å². The first-order valence-electron chi connectivity index (χ1n) is 29.1. The van der Waals surface area contributed by atoms with E-state index in [0.717, 1.165) is 63.4 Å². The Labute approximate surface area is 519 Å². The summed E-state index contributed by atoms with van der Waals surface area (Å²) < 4.78 is 57.6. The van der Waals surface area contributed by atoms with Gasteiger partial charge in [-0.15, -0.1) is 0 Å². The maximum absolute atomic E-state index is 14.8. The molecule has 0 bridgehead atoms. The van der Waals surface area contributed by atoms with Gasteiger partial charge in [0.2, 0.25) is 24.8 Å². The number of aromatic amines is 2. The highest BCUT2D eigenvalue weighted by Crippen LogP contribution is 2.41. The third-order valence-corrected chi connectivity index (χ3v) is 15.6. The highest BCUT2D eigenvalue weighted by Gasteiger charge is 2.57. The number of hydrogen-bond acceptors (Lipinski definition) is 20. The fourth-order valence-electron chi connectivity index (χ4n) is 11.8. The minimum Gasteiger partial charge on any atom is -0.455 e. The van der Waals surface area contributed by atoms with E-state index in [2.05, 4.69) is 20.6 Å². The number of carbonyl (C=O) groups excluding carboxylic acids is 10. The van der Waals surface area contributed by atoms with Crippen LogP contribution in [-0.4, -0.2) is 131 Å². The molecule has 8 aromatic rings. The third-order valence-electron chi connectivity index (χ3n) is 15.6. The Morgan fingerprint density at radius 1 is 0.418 bits per heavy atom. The van der Waals surface area contributed by atoms with Crippen molar-refractivity contribution < 1.29 is 95.3 Å². The number of fused-ring (bicyclic) bond motifs is 4. The molecule has 0 spiro atoms. The summed E-state index contributed by atoms with van der Waals surface area (Å²) in [5, 5.41) is 10.2. The van der Waals surface area contributed by atoms with E-state index >= 15 is 0 Å². The number of rotatable bonds is 17. The molecule has 0 saturated carbocycles. The number of ether oxygens (including phenoxy) is 10. The topological polar surface area (TPSA) is 319 Å². The van der Waals surface area contributed by atoms with Crippen LogP contribution in [0.15, 0.2) is 121 Å². The van der Waals surface area contributed by atoms with Gasteiger partial charge in [-0.05, 0) is 89.3 Å². The number of nitrogens with one attached hydrogen (secondary N) is 4. The molecule has 2 aliphatic rings. The molecular weight excluding hydrogens is 1180 g/mol. The average molecular weight is 1250 g/mol. The van der Waals surface area contributed by atoms with Crippen molar-refractivity contribution in [2.45, 2.75) is 136 Å². The van der Waals surface area contributed by atoms with Crippen LogP contribution in [0.1, 0.15) is 104 Å². The Kier molecular flexibility index (Phi) is 18.7. The minimum absolute atomic E-state index is 0.0742. The number of amides is 2. The smallest absolute Gasteiger partial charge is 0.340 e. The van der Waals surface area contributed by atoms with Crippen molar-refractivity contribution in [2.24, 2.45) is 0 Å². The van der Waals surface area contributed by atoms with E-state index in [0.29, 0.717) is 50.4 Å². The quantitative estimate of drug-likeness (QED) is 0.0489. The number of anilines is 2. The molecule has 0 aliphatic carbocycles. The highest BCUT2D eigenvalue weighted by atomic mass is 16.8. The van der Waals surface area contributed by atoms with Crippen molar-refractivity contribution in [1.29, 1.82) is 0 Å². The number of esters is 8. The van der Waals surface area contributed by atoms with Gasteiger partial charge >= 0.3 is 47.8 Å². The first kappa shape index (κ1) is 63.6. The Bertz CT molecular complexity index is 3960. The molecule has 10 rings (SSSR count). The second-order valence-corrected chi connectivity index (χ2v) is 22.0. The summed E-state index contributed by atoms with van der Waals surface area (Å²) in [6.45, 7) is 12.1. The molecule has 2 aliphatic heterocycles. The number of benzene rings is 6. The zero-order chi connectivity index (χ0) is 65.1. The van der Waals surface area contributed by atoms with Gasteiger partial charge < -0.3 is 68.0 Å². The van der Waals surface area contributed by atoms with E-state index in [9.17, 15) is 47.9 Å². The summed E-state index contributed by atoms with van der Waals surface area (Å²) in [5.41, 5.74) is 4.51. The molecule has 2 aromatic heterocycles. The van der Waals surface area contributed by atoms with E-state index in [1.54, 1.807) is 72.8 Å². The Morgan fingerprint density at radius 2 is 0.758 bits per heavy atom. The Morgan fingerprint density at radius 3 is 1.11 bits per heavy atom. The van der Waals surface area contributed by atoms with Gasteiger partial charge in [-0.25, -0.2) is 9.59 Å².